The largest absolute Gasteiger partial charge is 0.490 e. The third-order valence-electron chi connectivity index (χ3n) is 2.55. The molecule has 0 aliphatic rings. The summed E-state index contributed by atoms with van der Waals surface area (Å²) in [7, 11) is 0. The molecule has 0 saturated heterocycles. The second-order valence-corrected chi connectivity index (χ2v) is 4.54. The van der Waals surface area contributed by atoms with Crippen LogP contribution in [0.25, 0.3) is 6.08 Å². The first-order valence-corrected chi connectivity index (χ1v) is 7.20. The average molecular weight is 335 g/mol. The van der Waals surface area contributed by atoms with Crippen molar-refractivity contribution in [2.75, 3.05) is 19.8 Å². The maximum absolute atomic E-state index is 11.4. The molecule has 1 aromatic rings. The second kappa shape index (κ2) is 9.34. The Bertz CT molecular complexity index is 671. The van der Waals surface area contributed by atoms with Gasteiger partial charge in [-0.3, -0.25) is 0 Å². The van der Waals surface area contributed by atoms with Gasteiger partial charge in [0.2, 0.25) is 0 Å². The first kappa shape index (κ1) is 18.3. The molecule has 120 valence electrons. The summed E-state index contributed by atoms with van der Waals surface area (Å²) >= 11 is 6.12. The minimum absolute atomic E-state index is 0.0884. The molecule has 0 aromatic heterocycles. The molecule has 0 bridgehead atoms. The van der Waals surface area contributed by atoms with E-state index in [1.54, 1.807) is 32.1 Å². The molecule has 1 rings (SSSR count). The molecule has 0 amide bonds. The maximum Gasteiger partial charge on any atom is 0.344 e. The molecule has 0 saturated carbocycles. The first-order chi connectivity index (χ1) is 11.0. The van der Waals surface area contributed by atoms with Gasteiger partial charge in [-0.05, 0) is 31.6 Å². The Morgan fingerprint density at radius 3 is 2.39 bits per heavy atom. The molecular formula is C16H15ClN2O4. The van der Waals surface area contributed by atoms with Gasteiger partial charge in [0.15, 0.2) is 18.1 Å². The lowest BCUT2D eigenvalue weighted by atomic mass is 10.1. The van der Waals surface area contributed by atoms with Crippen molar-refractivity contribution in [1.82, 2.24) is 0 Å². The maximum atomic E-state index is 11.4. The summed E-state index contributed by atoms with van der Waals surface area (Å²) in [6.45, 7) is 3.83. The molecule has 0 aliphatic heterocycles. The summed E-state index contributed by atoms with van der Waals surface area (Å²) in [5, 5.41) is 17.9. The van der Waals surface area contributed by atoms with Crippen molar-refractivity contribution in [3.8, 4) is 23.6 Å². The van der Waals surface area contributed by atoms with Crippen LogP contribution < -0.4 is 9.47 Å². The quantitative estimate of drug-likeness (QED) is 0.562. The Morgan fingerprint density at radius 2 is 1.83 bits per heavy atom. The Morgan fingerprint density at radius 1 is 1.17 bits per heavy atom. The fraction of sp³-hybridized carbons (Fsp3) is 0.312. The van der Waals surface area contributed by atoms with Crippen LogP contribution in [-0.4, -0.2) is 25.8 Å². The number of carbonyl (C=O) groups is 1. The smallest absolute Gasteiger partial charge is 0.344 e. The summed E-state index contributed by atoms with van der Waals surface area (Å²) < 4.78 is 15.6. The standard InChI is InChI=1S/C16H15ClN2O4/c1-3-21-14-6-12(5-11(8-18)9-19)13(17)7-15(14)23-10-16(20)22-4-2/h5-7H,3-4,10H2,1-2H3. The zero-order valence-corrected chi connectivity index (χ0v) is 13.5. The van der Waals surface area contributed by atoms with Crippen LogP contribution in [0.1, 0.15) is 19.4 Å². The van der Waals surface area contributed by atoms with E-state index in [9.17, 15) is 4.79 Å². The van der Waals surface area contributed by atoms with Crippen molar-refractivity contribution in [3.63, 3.8) is 0 Å². The number of hydrogen-bond donors (Lipinski definition) is 0. The normalized spacial score (nSPS) is 9.26. The minimum atomic E-state index is -0.508. The number of ether oxygens (including phenoxy) is 3. The number of allylic oxidation sites excluding steroid dienone is 1. The molecule has 0 radical (unpaired) electrons. The monoisotopic (exact) mass is 334 g/mol. The van der Waals surface area contributed by atoms with Crippen molar-refractivity contribution >= 4 is 23.6 Å². The summed E-state index contributed by atoms with van der Waals surface area (Å²) in [6, 6.07) is 6.52. The van der Waals surface area contributed by atoms with Crippen LogP contribution in [0, 0.1) is 22.7 Å². The van der Waals surface area contributed by atoms with E-state index in [4.69, 9.17) is 36.3 Å². The predicted molar refractivity (Wildman–Crippen MR) is 84.0 cm³/mol. The van der Waals surface area contributed by atoms with Crippen LogP contribution in [0.3, 0.4) is 0 Å². The Kier molecular flexibility index (Phi) is 7.45. The van der Waals surface area contributed by atoms with Gasteiger partial charge in [0.1, 0.15) is 17.7 Å². The van der Waals surface area contributed by atoms with Gasteiger partial charge < -0.3 is 14.2 Å². The van der Waals surface area contributed by atoms with Crippen molar-refractivity contribution < 1.29 is 19.0 Å². The highest BCUT2D eigenvalue weighted by Gasteiger charge is 2.13. The lowest BCUT2D eigenvalue weighted by Gasteiger charge is -2.13. The van der Waals surface area contributed by atoms with Gasteiger partial charge in [-0.1, -0.05) is 11.6 Å². The Labute approximate surface area is 139 Å². The van der Waals surface area contributed by atoms with Crippen LogP contribution in [0.15, 0.2) is 17.7 Å². The van der Waals surface area contributed by atoms with Gasteiger partial charge in [-0.25, -0.2) is 4.79 Å². The third kappa shape index (κ3) is 5.54. The van der Waals surface area contributed by atoms with E-state index in [2.05, 4.69) is 0 Å². The highest BCUT2D eigenvalue weighted by Crippen LogP contribution is 2.34. The summed E-state index contributed by atoms with van der Waals surface area (Å²) in [4.78, 5) is 11.4. The highest BCUT2D eigenvalue weighted by molar-refractivity contribution is 6.32. The van der Waals surface area contributed by atoms with E-state index >= 15 is 0 Å². The molecular weight excluding hydrogens is 320 g/mol. The van der Waals surface area contributed by atoms with Crippen LogP contribution in [-0.2, 0) is 9.53 Å². The minimum Gasteiger partial charge on any atom is -0.490 e. The van der Waals surface area contributed by atoms with E-state index in [0.29, 0.717) is 17.9 Å². The van der Waals surface area contributed by atoms with Gasteiger partial charge in [-0.2, -0.15) is 10.5 Å². The number of nitriles is 2. The zero-order chi connectivity index (χ0) is 17.2. The summed E-state index contributed by atoms with van der Waals surface area (Å²) in [5.41, 5.74) is 0.353. The topological polar surface area (TPSA) is 92.3 Å². The molecule has 0 spiro atoms. The van der Waals surface area contributed by atoms with Crippen LogP contribution in [0.5, 0.6) is 11.5 Å². The second-order valence-electron chi connectivity index (χ2n) is 4.13. The molecule has 0 N–H and O–H groups in total. The first-order valence-electron chi connectivity index (χ1n) is 6.82. The molecule has 0 atom stereocenters. The SMILES string of the molecule is CCOC(=O)COc1cc(Cl)c(C=C(C#N)C#N)cc1OCC. The lowest BCUT2D eigenvalue weighted by Crippen LogP contribution is -2.15. The van der Waals surface area contributed by atoms with E-state index in [1.165, 1.54) is 12.1 Å². The van der Waals surface area contributed by atoms with Crippen LogP contribution in [0.4, 0.5) is 0 Å². The number of halogens is 1. The van der Waals surface area contributed by atoms with Gasteiger partial charge in [0.25, 0.3) is 0 Å². The van der Waals surface area contributed by atoms with Crippen molar-refractivity contribution in [3.05, 3.63) is 28.3 Å². The lowest BCUT2D eigenvalue weighted by molar-refractivity contribution is -0.145. The molecule has 0 aliphatic carbocycles. The molecule has 23 heavy (non-hydrogen) atoms. The molecule has 0 unspecified atom stereocenters. The number of benzene rings is 1. The molecule has 0 heterocycles. The van der Waals surface area contributed by atoms with E-state index in [1.807, 2.05) is 0 Å². The van der Waals surface area contributed by atoms with Gasteiger partial charge in [0, 0.05) is 6.07 Å². The number of hydrogen-bond acceptors (Lipinski definition) is 6. The van der Waals surface area contributed by atoms with Gasteiger partial charge in [-0.15, -0.1) is 0 Å². The predicted octanol–water partition coefficient (Wildman–Crippen LogP) is 3.11. The number of esters is 1. The van der Waals surface area contributed by atoms with E-state index in [0.717, 1.165) is 0 Å². The van der Waals surface area contributed by atoms with Crippen molar-refractivity contribution in [1.29, 1.82) is 10.5 Å². The number of nitrogens with zero attached hydrogens (tertiary/aromatic N) is 2. The number of rotatable bonds is 7. The highest BCUT2D eigenvalue weighted by atomic mass is 35.5. The molecule has 6 nitrogen and oxygen atoms in total. The third-order valence-corrected chi connectivity index (χ3v) is 2.88. The Balaban J connectivity index is 3.11. The van der Waals surface area contributed by atoms with Gasteiger partial charge in [0.05, 0.1) is 18.2 Å². The average Bonchev–Trinajstić information content (AvgIpc) is 2.54. The fourth-order valence-corrected chi connectivity index (χ4v) is 1.84. The molecule has 7 heteroatoms. The van der Waals surface area contributed by atoms with Crippen molar-refractivity contribution in [2.45, 2.75) is 13.8 Å². The number of carbonyl (C=O) groups excluding carboxylic acids is 1. The molecule has 1 aromatic carbocycles. The Hall–Kier alpha value is -2.70. The van der Waals surface area contributed by atoms with E-state index < -0.39 is 5.97 Å². The zero-order valence-electron chi connectivity index (χ0n) is 12.8. The summed E-state index contributed by atoms with van der Waals surface area (Å²) in [5.74, 6) is 0.117. The molecule has 0 fully saturated rings. The van der Waals surface area contributed by atoms with Gasteiger partial charge >= 0.3 is 5.97 Å². The fourth-order valence-electron chi connectivity index (χ4n) is 1.63. The summed E-state index contributed by atoms with van der Waals surface area (Å²) in [6.07, 6.45) is 1.35. The van der Waals surface area contributed by atoms with E-state index in [-0.39, 0.29) is 29.6 Å². The van der Waals surface area contributed by atoms with Crippen LogP contribution >= 0.6 is 11.6 Å². The van der Waals surface area contributed by atoms with Crippen molar-refractivity contribution in [2.24, 2.45) is 0 Å². The van der Waals surface area contributed by atoms with Crippen LogP contribution in [0.2, 0.25) is 5.02 Å².